The van der Waals surface area contributed by atoms with E-state index in [9.17, 15) is 4.79 Å². The summed E-state index contributed by atoms with van der Waals surface area (Å²) in [6.45, 7) is 1.92. The lowest BCUT2D eigenvalue weighted by Gasteiger charge is -2.04. The Labute approximate surface area is 117 Å². The van der Waals surface area contributed by atoms with Crippen molar-refractivity contribution in [2.75, 3.05) is 0 Å². The van der Waals surface area contributed by atoms with Gasteiger partial charge in [-0.3, -0.25) is 9.78 Å². The van der Waals surface area contributed by atoms with Crippen LogP contribution in [0.25, 0.3) is 11.0 Å². The molecule has 0 unspecified atom stereocenters. The monoisotopic (exact) mass is 265 g/mol. The van der Waals surface area contributed by atoms with Crippen LogP contribution in [0.15, 0.2) is 42.7 Å². The largest absolute Gasteiger partial charge is 0.331 e. The maximum absolute atomic E-state index is 12.4. The van der Waals surface area contributed by atoms with Gasteiger partial charge in [-0.05, 0) is 30.7 Å². The molecule has 3 aromatic rings. The second kappa shape index (κ2) is 4.89. The molecule has 0 aliphatic carbocycles. The van der Waals surface area contributed by atoms with Gasteiger partial charge in [-0.2, -0.15) is 0 Å². The van der Waals surface area contributed by atoms with E-state index in [4.69, 9.17) is 0 Å². The number of Topliss-reactive ketones (excluding diaryl/α,β-unsaturated/α-hetero) is 1. The average Bonchev–Trinajstić information content (AvgIpc) is 2.76. The SMILES string of the molecule is Cc1ccncc1C(=O)Cc1nc2ccccc2n1C. The highest BCUT2D eigenvalue weighted by Gasteiger charge is 2.14. The van der Waals surface area contributed by atoms with E-state index < -0.39 is 0 Å². The Morgan fingerprint density at radius 1 is 1.25 bits per heavy atom. The number of benzene rings is 1. The molecular weight excluding hydrogens is 250 g/mol. The zero-order chi connectivity index (χ0) is 14.1. The number of nitrogens with zero attached hydrogens (tertiary/aromatic N) is 3. The fraction of sp³-hybridized carbons (Fsp3) is 0.188. The van der Waals surface area contributed by atoms with Crippen molar-refractivity contribution in [3.8, 4) is 0 Å². The number of aromatic nitrogens is 3. The number of hydrogen-bond donors (Lipinski definition) is 0. The summed E-state index contributed by atoms with van der Waals surface area (Å²) in [5.74, 6) is 0.827. The summed E-state index contributed by atoms with van der Waals surface area (Å²) in [6.07, 6.45) is 3.61. The smallest absolute Gasteiger partial charge is 0.172 e. The first-order valence-corrected chi connectivity index (χ1v) is 6.51. The van der Waals surface area contributed by atoms with Crippen molar-refractivity contribution in [2.24, 2.45) is 7.05 Å². The normalized spacial score (nSPS) is 10.9. The van der Waals surface area contributed by atoms with Crippen LogP contribution >= 0.6 is 0 Å². The van der Waals surface area contributed by atoms with Crippen molar-refractivity contribution in [1.29, 1.82) is 0 Å². The summed E-state index contributed by atoms with van der Waals surface area (Å²) in [7, 11) is 1.94. The summed E-state index contributed by atoms with van der Waals surface area (Å²) in [6, 6.07) is 9.74. The summed E-state index contributed by atoms with van der Waals surface area (Å²) < 4.78 is 1.97. The topological polar surface area (TPSA) is 47.8 Å². The highest BCUT2D eigenvalue weighted by atomic mass is 16.1. The van der Waals surface area contributed by atoms with Gasteiger partial charge in [0.1, 0.15) is 5.82 Å². The molecule has 20 heavy (non-hydrogen) atoms. The molecule has 0 aliphatic rings. The fourth-order valence-electron chi connectivity index (χ4n) is 2.35. The molecule has 1 aromatic carbocycles. The number of rotatable bonds is 3. The molecule has 100 valence electrons. The molecule has 0 fully saturated rings. The number of carbonyl (C=O) groups is 1. The van der Waals surface area contributed by atoms with Crippen molar-refractivity contribution in [1.82, 2.24) is 14.5 Å². The lowest BCUT2D eigenvalue weighted by Crippen LogP contribution is -2.10. The quantitative estimate of drug-likeness (QED) is 0.684. The molecule has 0 radical (unpaired) electrons. The van der Waals surface area contributed by atoms with Crippen LogP contribution in [0.1, 0.15) is 21.7 Å². The molecule has 4 heteroatoms. The molecule has 3 rings (SSSR count). The van der Waals surface area contributed by atoms with Crippen LogP contribution in [0.5, 0.6) is 0 Å². The predicted octanol–water partition coefficient (Wildman–Crippen LogP) is 2.70. The number of imidazole rings is 1. The summed E-state index contributed by atoms with van der Waals surface area (Å²) in [5, 5.41) is 0. The maximum Gasteiger partial charge on any atom is 0.172 e. The molecule has 0 saturated heterocycles. The zero-order valence-electron chi connectivity index (χ0n) is 11.5. The first kappa shape index (κ1) is 12.5. The summed E-state index contributed by atoms with van der Waals surface area (Å²) in [5.41, 5.74) is 3.57. The van der Waals surface area contributed by atoms with Crippen LogP contribution in [0.2, 0.25) is 0 Å². The third-order valence-electron chi connectivity index (χ3n) is 3.54. The molecular formula is C16H15N3O. The minimum atomic E-state index is 0.0500. The molecule has 0 aliphatic heterocycles. The number of aryl methyl sites for hydroxylation is 2. The van der Waals surface area contributed by atoms with Gasteiger partial charge < -0.3 is 4.57 Å². The van der Waals surface area contributed by atoms with Gasteiger partial charge in [-0.25, -0.2) is 4.98 Å². The second-order valence-corrected chi connectivity index (χ2v) is 4.87. The molecule has 0 amide bonds. The number of ketones is 1. The Bertz CT molecular complexity index is 789. The Kier molecular flexibility index (Phi) is 3.06. The van der Waals surface area contributed by atoms with E-state index in [0.717, 1.165) is 22.4 Å². The van der Waals surface area contributed by atoms with Gasteiger partial charge in [-0.15, -0.1) is 0 Å². The van der Waals surface area contributed by atoms with E-state index in [1.54, 1.807) is 12.4 Å². The van der Waals surface area contributed by atoms with Gasteiger partial charge in [0.25, 0.3) is 0 Å². The third-order valence-corrected chi connectivity index (χ3v) is 3.54. The fourth-order valence-corrected chi connectivity index (χ4v) is 2.35. The van der Waals surface area contributed by atoms with E-state index in [1.165, 1.54) is 0 Å². The second-order valence-electron chi connectivity index (χ2n) is 4.87. The average molecular weight is 265 g/mol. The zero-order valence-corrected chi connectivity index (χ0v) is 11.5. The lowest BCUT2D eigenvalue weighted by atomic mass is 10.1. The Morgan fingerprint density at radius 2 is 2.05 bits per heavy atom. The minimum absolute atomic E-state index is 0.0500. The van der Waals surface area contributed by atoms with E-state index >= 15 is 0 Å². The Hall–Kier alpha value is -2.49. The van der Waals surface area contributed by atoms with Crippen LogP contribution in [0.3, 0.4) is 0 Å². The van der Waals surface area contributed by atoms with Gasteiger partial charge in [0.05, 0.1) is 17.5 Å². The molecule has 4 nitrogen and oxygen atoms in total. The van der Waals surface area contributed by atoms with Crippen LogP contribution in [-0.4, -0.2) is 20.3 Å². The molecule has 2 aromatic heterocycles. The van der Waals surface area contributed by atoms with Gasteiger partial charge >= 0.3 is 0 Å². The first-order valence-electron chi connectivity index (χ1n) is 6.51. The summed E-state index contributed by atoms with van der Waals surface area (Å²) in [4.78, 5) is 20.9. The van der Waals surface area contributed by atoms with E-state index in [1.807, 2.05) is 48.9 Å². The third kappa shape index (κ3) is 2.09. The van der Waals surface area contributed by atoms with Crippen molar-refractivity contribution in [2.45, 2.75) is 13.3 Å². The Balaban J connectivity index is 1.96. The molecule has 0 spiro atoms. The van der Waals surface area contributed by atoms with Crippen molar-refractivity contribution in [3.63, 3.8) is 0 Å². The molecule has 0 saturated carbocycles. The first-order chi connectivity index (χ1) is 9.66. The van der Waals surface area contributed by atoms with Crippen LogP contribution in [0, 0.1) is 6.92 Å². The van der Waals surface area contributed by atoms with Crippen LogP contribution < -0.4 is 0 Å². The van der Waals surface area contributed by atoms with Gasteiger partial charge in [0.2, 0.25) is 0 Å². The van der Waals surface area contributed by atoms with Crippen molar-refractivity contribution >= 4 is 16.8 Å². The van der Waals surface area contributed by atoms with Crippen molar-refractivity contribution in [3.05, 3.63) is 59.7 Å². The number of fused-ring (bicyclic) bond motifs is 1. The number of para-hydroxylation sites is 2. The maximum atomic E-state index is 12.4. The lowest BCUT2D eigenvalue weighted by molar-refractivity contribution is 0.0989. The number of hydrogen-bond acceptors (Lipinski definition) is 3. The number of carbonyl (C=O) groups excluding carboxylic acids is 1. The molecule has 0 bridgehead atoms. The van der Waals surface area contributed by atoms with Crippen LogP contribution in [-0.2, 0) is 13.5 Å². The van der Waals surface area contributed by atoms with Crippen LogP contribution in [0.4, 0.5) is 0 Å². The Morgan fingerprint density at radius 3 is 2.80 bits per heavy atom. The van der Waals surface area contributed by atoms with Gasteiger partial charge in [0.15, 0.2) is 5.78 Å². The van der Waals surface area contributed by atoms with E-state index in [-0.39, 0.29) is 12.2 Å². The van der Waals surface area contributed by atoms with E-state index in [0.29, 0.717) is 5.56 Å². The standard InChI is InChI=1S/C16H15N3O/c1-11-7-8-17-10-12(11)15(20)9-16-18-13-5-3-4-6-14(13)19(16)2/h3-8,10H,9H2,1-2H3. The predicted molar refractivity (Wildman–Crippen MR) is 77.7 cm³/mol. The summed E-state index contributed by atoms with van der Waals surface area (Å²) >= 11 is 0. The number of pyridine rings is 1. The molecule has 0 N–H and O–H groups in total. The van der Waals surface area contributed by atoms with Crippen molar-refractivity contribution < 1.29 is 4.79 Å². The van der Waals surface area contributed by atoms with Gasteiger partial charge in [0, 0.05) is 25.0 Å². The van der Waals surface area contributed by atoms with Gasteiger partial charge in [-0.1, -0.05) is 12.1 Å². The molecule has 0 atom stereocenters. The highest BCUT2D eigenvalue weighted by Crippen LogP contribution is 2.16. The molecule has 2 heterocycles. The van der Waals surface area contributed by atoms with E-state index in [2.05, 4.69) is 9.97 Å². The highest BCUT2D eigenvalue weighted by molar-refractivity contribution is 5.98. The minimum Gasteiger partial charge on any atom is -0.331 e.